The predicted octanol–water partition coefficient (Wildman–Crippen LogP) is 3.52. The number of esters is 1. The zero-order valence-corrected chi connectivity index (χ0v) is 15.0. The van der Waals surface area contributed by atoms with Crippen LogP contribution in [-0.4, -0.2) is 31.0 Å². The largest absolute Gasteiger partial charge is 0.467 e. The highest BCUT2D eigenvalue weighted by Crippen LogP contribution is 2.37. The molecule has 2 aromatic rings. The molecule has 0 radical (unpaired) electrons. The Kier molecular flexibility index (Phi) is 5.30. The van der Waals surface area contributed by atoms with E-state index in [-0.39, 0.29) is 36.9 Å². The second kappa shape index (κ2) is 7.50. The molecule has 1 aliphatic rings. The lowest BCUT2D eigenvalue weighted by atomic mass is 9.82. The molecule has 1 aliphatic carbocycles. The number of nitrogen functional groups attached to an aromatic ring is 1. The summed E-state index contributed by atoms with van der Waals surface area (Å²) in [5.74, 6) is -4.28. The number of nitrogens with two attached hydrogens (primary N) is 1. The maximum atomic E-state index is 13.4. The van der Waals surface area contributed by atoms with Crippen molar-refractivity contribution in [3.05, 3.63) is 42.0 Å². The Labute approximate surface area is 155 Å². The number of amides is 1. The van der Waals surface area contributed by atoms with Crippen molar-refractivity contribution >= 4 is 28.3 Å². The average molecular weight is 376 g/mol. The van der Waals surface area contributed by atoms with Gasteiger partial charge in [-0.1, -0.05) is 24.3 Å². The van der Waals surface area contributed by atoms with Gasteiger partial charge in [-0.2, -0.15) is 0 Å². The van der Waals surface area contributed by atoms with E-state index < -0.39 is 29.8 Å². The molecule has 0 aliphatic heterocycles. The molecule has 0 saturated heterocycles. The van der Waals surface area contributed by atoms with E-state index in [9.17, 15) is 18.4 Å². The predicted molar refractivity (Wildman–Crippen MR) is 98.5 cm³/mol. The van der Waals surface area contributed by atoms with Crippen LogP contribution in [0.2, 0.25) is 0 Å². The topological polar surface area (TPSA) is 81.4 Å². The van der Waals surface area contributed by atoms with E-state index in [0.717, 1.165) is 10.8 Å². The van der Waals surface area contributed by atoms with Gasteiger partial charge in [0, 0.05) is 18.5 Å². The summed E-state index contributed by atoms with van der Waals surface area (Å²) < 4.78 is 31.6. The van der Waals surface area contributed by atoms with Crippen LogP contribution in [0.1, 0.15) is 36.0 Å². The molecule has 0 aromatic heterocycles. The molecule has 27 heavy (non-hydrogen) atoms. The van der Waals surface area contributed by atoms with E-state index in [0.29, 0.717) is 0 Å². The van der Waals surface area contributed by atoms with Crippen molar-refractivity contribution in [2.45, 2.75) is 37.6 Å². The summed E-state index contributed by atoms with van der Waals surface area (Å²) in [7, 11) is 1.21. The third-order valence-corrected chi connectivity index (χ3v) is 5.14. The third-order valence-electron chi connectivity index (χ3n) is 5.14. The second-order valence-electron chi connectivity index (χ2n) is 6.95. The van der Waals surface area contributed by atoms with Gasteiger partial charge in [0.2, 0.25) is 5.92 Å². The van der Waals surface area contributed by atoms with Crippen molar-refractivity contribution in [1.82, 2.24) is 5.32 Å². The van der Waals surface area contributed by atoms with Crippen LogP contribution in [-0.2, 0) is 9.53 Å². The van der Waals surface area contributed by atoms with E-state index in [1.165, 1.54) is 7.11 Å². The molecular formula is C20H22F2N2O3. The van der Waals surface area contributed by atoms with Crippen LogP contribution in [0.15, 0.2) is 36.4 Å². The second-order valence-corrected chi connectivity index (χ2v) is 6.95. The van der Waals surface area contributed by atoms with Crippen molar-refractivity contribution < 1.29 is 23.1 Å². The maximum absolute atomic E-state index is 13.4. The Bertz CT molecular complexity index is 859. The SMILES string of the molecule is COC(=O)[C@@H](NC(=O)c1cc2ccccc2cc1N)C1CCC(F)(F)CC1. The molecule has 0 unspecified atom stereocenters. The van der Waals surface area contributed by atoms with Crippen molar-refractivity contribution in [2.24, 2.45) is 5.92 Å². The molecule has 1 saturated carbocycles. The molecule has 0 heterocycles. The van der Waals surface area contributed by atoms with Crippen molar-refractivity contribution in [3.63, 3.8) is 0 Å². The molecule has 0 spiro atoms. The first-order valence-corrected chi connectivity index (χ1v) is 8.85. The summed E-state index contributed by atoms with van der Waals surface area (Å²) in [6.07, 6.45) is -0.335. The lowest BCUT2D eigenvalue weighted by Gasteiger charge is -2.32. The zero-order valence-electron chi connectivity index (χ0n) is 15.0. The summed E-state index contributed by atoms with van der Waals surface area (Å²) in [6.45, 7) is 0. The fourth-order valence-electron chi connectivity index (χ4n) is 3.57. The fraction of sp³-hybridized carbons (Fsp3) is 0.400. The van der Waals surface area contributed by atoms with Crippen LogP contribution in [0.3, 0.4) is 0 Å². The van der Waals surface area contributed by atoms with Crippen LogP contribution in [0.4, 0.5) is 14.5 Å². The van der Waals surface area contributed by atoms with Crippen LogP contribution in [0, 0.1) is 5.92 Å². The molecule has 7 heteroatoms. The number of benzene rings is 2. The molecule has 0 bridgehead atoms. The minimum Gasteiger partial charge on any atom is -0.467 e. The maximum Gasteiger partial charge on any atom is 0.328 e. The number of hydrogen-bond donors (Lipinski definition) is 2. The monoisotopic (exact) mass is 376 g/mol. The highest BCUT2D eigenvalue weighted by atomic mass is 19.3. The van der Waals surface area contributed by atoms with Gasteiger partial charge in [-0.15, -0.1) is 0 Å². The number of anilines is 1. The number of carbonyl (C=O) groups excluding carboxylic acids is 2. The summed E-state index contributed by atoms with van der Waals surface area (Å²) in [6, 6.07) is 9.82. The normalized spacial score (nSPS) is 18.0. The fourth-order valence-corrected chi connectivity index (χ4v) is 3.57. The van der Waals surface area contributed by atoms with Crippen molar-refractivity contribution in [3.8, 4) is 0 Å². The van der Waals surface area contributed by atoms with Crippen LogP contribution in [0.25, 0.3) is 10.8 Å². The molecule has 144 valence electrons. The van der Waals surface area contributed by atoms with Crippen molar-refractivity contribution in [2.75, 3.05) is 12.8 Å². The van der Waals surface area contributed by atoms with Crippen LogP contribution in [0.5, 0.6) is 0 Å². The lowest BCUT2D eigenvalue weighted by molar-refractivity contribution is -0.146. The van der Waals surface area contributed by atoms with Gasteiger partial charge in [0.15, 0.2) is 0 Å². The molecule has 3 rings (SSSR count). The first-order chi connectivity index (χ1) is 12.8. The number of nitrogens with one attached hydrogen (secondary N) is 1. The Balaban J connectivity index is 1.82. The minimum atomic E-state index is -2.72. The number of hydrogen-bond acceptors (Lipinski definition) is 4. The van der Waals surface area contributed by atoms with Gasteiger partial charge in [-0.05, 0) is 41.7 Å². The molecule has 1 atom stereocenters. The van der Waals surface area contributed by atoms with Gasteiger partial charge in [0.25, 0.3) is 5.91 Å². The standard InChI is InChI=1S/C20H22F2N2O3/c1-27-19(26)17(12-6-8-20(21,22)9-7-12)24-18(25)15-10-13-4-2-3-5-14(13)11-16(15)23/h2-5,10-12,17H,6-9,23H2,1H3,(H,24,25)/t17-/m0/s1. The average Bonchev–Trinajstić information content (AvgIpc) is 2.65. The highest BCUT2D eigenvalue weighted by molar-refractivity contribution is 6.05. The van der Waals surface area contributed by atoms with Gasteiger partial charge in [0.1, 0.15) is 6.04 Å². The number of alkyl halides is 2. The zero-order chi connectivity index (χ0) is 19.6. The molecule has 5 nitrogen and oxygen atoms in total. The number of fused-ring (bicyclic) bond motifs is 1. The van der Waals surface area contributed by atoms with Gasteiger partial charge < -0.3 is 15.8 Å². The summed E-state index contributed by atoms with van der Waals surface area (Å²) in [4.78, 5) is 24.9. The Morgan fingerprint density at radius 1 is 1.19 bits per heavy atom. The number of halogens is 2. The first-order valence-electron chi connectivity index (χ1n) is 8.85. The van der Waals surface area contributed by atoms with Crippen molar-refractivity contribution in [1.29, 1.82) is 0 Å². The quantitative estimate of drug-likeness (QED) is 0.632. The molecule has 1 fully saturated rings. The van der Waals surface area contributed by atoms with Gasteiger partial charge in [-0.25, -0.2) is 13.6 Å². The summed E-state index contributed by atoms with van der Waals surface area (Å²) in [5, 5.41) is 4.38. The number of methoxy groups -OCH3 is 1. The number of carbonyl (C=O) groups is 2. The molecule has 3 N–H and O–H groups in total. The molecule has 2 aromatic carbocycles. The Hall–Kier alpha value is -2.70. The van der Waals surface area contributed by atoms with Crippen LogP contribution < -0.4 is 11.1 Å². The highest BCUT2D eigenvalue weighted by Gasteiger charge is 2.40. The Morgan fingerprint density at radius 3 is 2.37 bits per heavy atom. The summed E-state index contributed by atoms with van der Waals surface area (Å²) in [5.41, 5.74) is 6.53. The van der Waals surface area contributed by atoms with E-state index in [2.05, 4.69) is 5.32 Å². The van der Waals surface area contributed by atoms with Gasteiger partial charge in [0.05, 0.1) is 12.7 Å². The smallest absolute Gasteiger partial charge is 0.328 e. The van der Waals surface area contributed by atoms with E-state index in [1.54, 1.807) is 12.1 Å². The first kappa shape index (κ1) is 19.1. The minimum absolute atomic E-state index is 0.139. The van der Waals surface area contributed by atoms with Gasteiger partial charge >= 0.3 is 5.97 Å². The Morgan fingerprint density at radius 2 is 1.78 bits per heavy atom. The van der Waals surface area contributed by atoms with E-state index in [4.69, 9.17) is 10.5 Å². The van der Waals surface area contributed by atoms with E-state index in [1.807, 2.05) is 24.3 Å². The lowest BCUT2D eigenvalue weighted by Crippen LogP contribution is -2.48. The van der Waals surface area contributed by atoms with E-state index >= 15 is 0 Å². The number of rotatable bonds is 4. The molecule has 1 amide bonds. The summed E-state index contributed by atoms with van der Waals surface area (Å²) >= 11 is 0. The number of ether oxygens (including phenoxy) is 1. The third kappa shape index (κ3) is 4.18. The van der Waals surface area contributed by atoms with Crippen LogP contribution >= 0.6 is 0 Å². The van der Waals surface area contributed by atoms with Gasteiger partial charge in [-0.3, -0.25) is 4.79 Å². The molecular weight excluding hydrogens is 354 g/mol.